The van der Waals surface area contributed by atoms with Gasteiger partial charge in [-0.1, -0.05) is 23.9 Å². The molecule has 0 unspecified atom stereocenters. The predicted octanol–water partition coefficient (Wildman–Crippen LogP) is 3.67. The van der Waals surface area contributed by atoms with E-state index in [1.807, 2.05) is 24.3 Å². The summed E-state index contributed by atoms with van der Waals surface area (Å²) in [5, 5.41) is 2.93. The van der Waals surface area contributed by atoms with Crippen LogP contribution in [0.1, 0.15) is 10.4 Å². The molecule has 0 saturated heterocycles. The Bertz CT molecular complexity index is 828. The number of amides is 1. The highest BCUT2D eigenvalue weighted by molar-refractivity contribution is 7.99. The first-order valence-electron chi connectivity index (χ1n) is 6.79. The highest BCUT2D eigenvalue weighted by atomic mass is 35.5. The molecule has 5 nitrogen and oxygen atoms in total. The molecular formula is C16H12ClN3O2S. The van der Waals surface area contributed by atoms with Gasteiger partial charge in [0, 0.05) is 11.3 Å². The van der Waals surface area contributed by atoms with E-state index in [1.165, 1.54) is 11.8 Å². The zero-order chi connectivity index (χ0) is 16.2. The van der Waals surface area contributed by atoms with E-state index in [1.54, 1.807) is 24.3 Å². The van der Waals surface area contributed by atoms with Gasteiger partial charge in [0.25, 0.3) is 5.24 Å². The first kappa shape index (κ1) is 15.6. The Morgan fingerprint density at radius 3 is 2.57 bits per heavy atom. The molecule has 0 aliphatic carbocycles. The molecule has 2 aromatic carbocycles. The highest BCUT2D eigenvalue weighted by Crippen LogP contribution is 2.19. The smallest absolute Gasteiger partial charge is 0.252 e. The van der Waals surface area contributed by atoms with E-state index in [9.17, 15) is 9.59 Å². The van der Waals surface area contributed by atoms with Crippen molar-refractivity contribution in [2.45, 2.75) is 5.16 Å². The van der Waals surface area contributed by atoms with Crippen LogP contribution in [0.15, 0.2) is 53.7 Å². The summed E-state index contributed by atoms with van der Waals surface area (Å²) in [6, 6.07) is 14.1. The summed E-state index contributed by atoms with van der Waals surface area (Å²) in [5.41, 5.74) is 2.82. The SMILES string of the molecule is O=C(CSc1nc2ccccc2[nH]1)Nc1ccc(C(=O)Cl)cc1. The third kappa shape index (κ3) is 3.91. The Balaban J connectivity index is 1.57. The normalized spacial score (nSPS) is 10.7. The predicted molar refractivity (Wildman–Crippen MR) is 92.1 cm³/mol. The fraction of sp³-hybridized carbons (Fsp3) is 0.0625. The molecule has 1 heterocycles. The van der Waals surface area contributed by atoms with Gasteiger partial charge >= 0.3 is 0 Å². The van der Waals surface area contributed by atoms with E-state index in [0.29, 0.717) is 16.4 Å². The molecule has 116 valence electrons. The lowest BCUT2D eigenvalue weighted by molar-refractivity contribution is -0.113. The van der Waals surface area contributed by atoms with Crippen LogP contribution < -0.4 is 5.32 Å². The topological polar surface area (TPSA) is 74.8 Å². The van der Waals surface area contributed by atoms with E-state index in [0.717, 1.165) is 11.0 Å². The Labute approximate surface area is 141 Å². The first-order chi connectivity index (χ1) is 11.1. The summed E-state index contributed by atoms with van der Waals surface area (Å²) in [4.78, 5) is 30.5. The van der Waals surface area contributed by atoms with Crippen molar-refractivity contribution in [1.29, 1.82) is 0 Å². The van der Waals surface area contributed by atoms with Crippen molar-refractivity contribution in [2.24, 2.45) is 0 Å². The lowest BCUT2D eigenvalue weighted by Gasteiger charge is -2.04. The maximum Gasteiger partial charge on any atom is 0.252 e. The van der Waals surface area contributed by atoms with Crippen molar-refractivity contribution in [1.82, 2.24) is 9.97 Å². The molecule has 23 heavy (non-hydrogen) atoms. The van der Waals surface area contributed by atoms with E-state index >= 15 is 0 Å². The number of fused-ring (bicyclic) bond motifs is 1. The standard InChI is InChI=1S/C16H12ClN3O2S/c17-15(22)10-5-7-11(8-6-10)18-14(21)9-23-16-19-12-3-1-2-4-13(12)20-16/h1-8H,9H2,(H,18,21)(H,19,20). The van der Waals surface area contributed by atoms with Gasteiger partial charge in [0.05, 0.1) is 16.8 Å². The van der Waals surface area contributed by atoms with Crippen LogP contribution in [0.4, 0.5) is 5.69 Å². The Morgan fingerprint density at radius 2 is 1.87 bits per heavy atom. The van der Waals surface area contributed by atoms with Crippen LogP contribution in [-0.4, -0.2) is 26.9 Å². The molecule has 1 amide bonds. The quantitative estimate of drug-likeness (QED) is 0.546. The first-order valence-corrected chi connectivity index (χ1v) is 8.15. The average Bonchev–Trinajstić information content (AvgIpc) is 2.96. The number of thioether (sulfide) groups is 1. The van der Waals surface area contributed by atoms with Gasteiger partial charge in [-0.05, 0) is 48.0 Å². The Kier molecular flexibility index (Phi) is 4.64. The van der Waals surface area contributed by atoms with Crippen LogP contribution >= 0.6 is 23.4 Å². The van der Waals surface area contributed by atoms with Crippen molar-refractivity contribution in [3.8, 4) is 0 Å². The number of carbonyl (C=O) groups excluding carboxylic acids is 2. The molecule has 0 bridgehead atoms. The van der Waals surface area contributed by atoms with E-state index < -0.39 is 5.24 Å². The molecule has 0 radical (unpaired) electrons. The van der Waals surface area contributed by atoms with E-state index in [4.69, 9.17) is 11.6 Å². The molecule has 1 aromatic heterocycles. The van der Waals surface area contributed by atoms with Crippen LogP contribution in [0, 0.1) is 0 Å². The minimum Gasteiger partial charge on any atom is -0.333 e. The van der Waals surface area contributed by atoms with Crippen LogP contribution in [0.3, 0.4) is 0 Å². The number of carbonyl (C=O) groups is 2. The number of anilines is 1. The highest BCUT2D eigenvalue weighted by Gasteiger charge is 2.08. The van der Waals surface area contributed by atoms with Crippen LogP contribution in [0.25, 0.3) is 11.0 Å². The number of H-pyrrole nitrogens is 1. The largest absolute Gasteiger partial charge is 0.333 e. The maximum atomic E-state index is 12.0. The summed E-state index contributed by atoms with van der Waals surface area (Å²) in [6.45, 7) is 0. The Hall–Kier alpha value is -2.31. The molecule has 3 rings (SSSR count). The second-order valence-electron chi connectivity index (χ2n) is 4.75. The second-order valence-corrected chi connectivity index (χ2v) is 6.05. The molecule has 0 spiro atoms. The fourth-order valence-electron chi connectivity index (χ4n) is 2.01. The molecule has 2 N–H and O–H groups in total. The molecule has 0 fully saturated rings. The van der Waals surface area contributed by atoms with Crippen molar-refractivity contribution in [3.63, 3.8) is 0 Å². The van der Waals surface area contributed by atoms with E-state index in [-0.39, 0.29) is 11.7 Å². The number of benzene rings is 2. The Morgan fingerprint density at radius 1 is 1.13 bits per heavy atom. The van der Waals surface area contributed by atoms with Crippen molar-refractivity contribution in [2.75, 3.05) is 11.1 Å². The zero-order valence-electron chi connectivity index (χ0n) is 11.9. The van der Waals surface area contributed by atoms with Crippen molar-refractivity contribution in [3.05, 3.63) is 54.1 Å². The maximum absolute atomic E-state index is 12.0. The van der Waals surface area contributed by atoms with Gasteiger partial charge in [-0.15, -0.1) is 0 Å². The van der Waals surface area contributed by atoms with Gasteiger partial charge in [0.1, 0.15) is 0 Å². The van der Waals surface area contributed by atoms with Gasteiger partial charge < -0.3 is 10.3 Å². The summed E-state index contributed by atoms with van der Waals surface area (Å²) >= 11 is 6.70. The summed E-state index contributed by atoms with van der Waals surface area (Å²) in [7, 11) is 0. The molecular weight excluding hydrogens is 334 g/mol. The molecule has 0 atom stereocenters. The number of aromatic nitrogens is 2. The molecule has 7 heteroatoms. The number of imidazole rings is 1. The molecule has 3 aromatic rings. The van der Waals surface area contributed by atoms with E-state index in [2.05, 4.69) is 15.3 Å². The number of hydrogen-bond acceptors (Lipinski definition) is 4. The summed E-state index contributed by atoms with van der Waals surface area (Å²) < 4.78 is 0. The number of aromatic amines is 1. The van der Waals surface area contributed by atoms with Crippen LogP contribution in [0.2, 0.25) is 0 Å². The van der Waals surface area contributed by atoms with Gasteiger partial charge in [0.2, 0.25) is 5.91 Å². The second kappa shape index (κ2) is 6.85. The molecule has 0 aliphatic heterocycles. The number of hydrogen-bond donors (Lipinski definition) is 2. The number of rotatable bonds is 5. The van der Waals surface area contributed by atoms with Crippen molar-refractivity contribution >= 4 is 51.2 Å². The van der Waals surface area contributed by atoms with Crippen LogP contribution in [-0.2, 0) is 4.79 Å². The number of halogens is 1. The fourth-order valence-corrected chi connectivity index (χ4v) is 2.82. The lowest BCUT2D eigenvalue weighted by Crippen LogP contribution is -2.14. The lowest BCUT2D eigenvalue weighted by atomic mass is 10.2. The number of para-hydroxylation sites is 2. The number of nitrogens with zero attached hydrogens (tertiary/aromatic N) is 1. The molecule has 0 aliphatic rings. The van der Waals surface area contributed by atoms with Crippen molar-refractivity contribution < 1.29 is 9.59 Å². The third-order valence-corrected chi connectivity index (χ3v) is 4.19. The van der Waals surface area contributed by atoms with Gasteiger partial charge in [-0.3, -0.25) is 9.59 Å². The van der Waals surface area contributed by atoms with Crippen LogP contribution in [0.5, 0.6) is 0 Å². The van der Waals surface area contributed by atoms with Gasteiger partial charge in [0.15, 0.2) is 5.16 Å². The minimum absolute atomic E-state index is 0.152. The minimum atomic E-state index is -0.525. The van der Waals surface area contributed by atoms with Gasteiger partial charge in [-0.25, -0.2) is 4.98 Å². The number of nitrogens with one attached hydrogen (secondary N) is 2. The zero-order valence-corrected chi connectivity index (χ0v) is 13.4. The molecule has 0 saturated carbocycles. The summed E-state index contributed by atoms with van der Waals surface area (Å²) in [5.74, 6) is 0.0798. The third-order valence-electron chi connectivity index (χ3n) is 3.10. The summed E-state index contributed by atoms with van der Waals surface area (Å²) in [6.07, 6.45) is 0. The monoisotopic (exact) mass is 345 g/mol. The average molecular weight is 346 g/mol. The van der Waals surface area contributed by atoms with Gasteiger partial charge in [-0.2, -0.15) is 0 Å².